The van der Waals surface area contributed by atoms with E-state index in [1.54, 1.807) is 0 Å². The highest BCUT2D eigenvalue weighted by atomic mass is 32.2. The van der Waals surface area contributed by atoms with Crippen molar-refractivity contribution in [1.29, 1.82) is 0 Å². The van der Waals surface area contributed by atoms with E-state index in [0.29, 0.717) is 18.8 Å². The van der Waals surface area contributed by atoms with E-state index in [1.165, 1.54) is 16.6 Å². The Labute approximate surface area is 114 Å². The van der Waals surface area contributed by atoms with Gasteiger partial charge in [0.1, 0.15) is 0 Å². The van der Waals surface area contributed by atoms with Crippen LogP contribution in [-0.4, -0.2) is 60.4 Å². The Morgan fingerprint density at radius 1 is 1.32 bits per heavy atom. The number of nitrogens with one attached hydrogen (secondary N) is 1. The summed E-state index contributed by atoms with van der Waals surface area (Å²) in [6.45, 7) is 5.59. The number of sulfonamides is 1. The van der Waals surface area contributed by atoms with Gasteiger partial charge >= 0.3 is 0 Å². The summed E-state index contributed by atoms with van der Waals surface area (Å²) in [5.41, 5.74) is 0.517. The zero-order valence-corrected chi connectivity index (χ0v) is 12.0. The van der Waals surface area contributed by atoms with E-state index in [-0.39, 0.29) is 11.5 Å². The predicted molar refractivity (Wildman–Crippen MR) is 72.2 cm³/mol. The minimum Gasteiger partial charge on any atom is -0.390 e. The van der Waals surface area contributed by atoms with Gasteiger partial charge in [0.25, 0.3) is 0 Å². The van der Waals surface area contributed by atoms with Crippen LogP contribution in [0.1, 0.15) is 19.0 Å². The van der Waals surface area contributed by atoms with Crippen LogP contribution in [0.15, 0.2) is 17.2 Å². The first-order valence-corrected chi connectivity index (χ1v) is 8.02. The van der Waals surface area contributed by atoms with E-state index in [2.05, 4.69) is 16.8 Å². The molecule has 19 heavy (non-hydrogen) atoms. The first kappa shape index (κ1) is 14.5. The first-order valence-electron chi connectivity index (χ1n) is 6.58. The number of nitrogens with zero attached hydrogens (tertiary/aromatic N) is 2. The molecule has 2 rings (SSSR count). The molecule has 1 saturated heterocycles. The largest absolute Gasteiger partial charge is 0.390 e. The van der Waals surface area contributed by atoms with Crippen molar-refractivity contribution < 1.29 is 13.5 Å². The highest BCUT2D eigenvalue weighted by molar-refractivity contribution is 7.89. The van der Waals surface area contributed by atoms with E-state index >= 15 is 0 Å². The molecule has 2 heterocycles. The second kappa shape index (κ2) is 6.04. The van der Waals surface area contributed by atoms with Gasteiger partial charge in [-0.15, -0.1) is 0 Å². The molecule has 0 unspecified atom stereocenters. The molecule has 0 bridgehead atoms. The molecule has 0 aromatic carbocycles. The third-order valence-corrected chi connectivity index (χ3v) is 5.27. The van der Waals surface area contributed by atoms with Crippen LogP contribution in [0, 0.1) is 0 Å². The average Bonchev–Trinajstić information content (AvgIpc) is 2.89. The monoisotopic (exact) mass is 287 g/mol. The van der Waals surface area contributed by atoms with Crippen LogP contribution >= 0.6 is 0 Å². The maximum atomic E-state index is 12.4. The molecule has 6 nitrogen and oxygen atoms in total. The number of rotatable bonds is 5. The Hall–Kier alpha value is -0.890. The summed E-state index contributed by atoms with van der Waals surface area (Å²) in [7, 11) is -3.43. The molecular formula is C12H21N3O3S. The number of hydrogen-bond donors (Lipinski definition) is 2. The molecule has 7 heteroatoms. The lowest BCUT2D eigenvalue weighted by Crippen LogP contribution is -2.48. The molecule has 0 radical (unpaired) electrons. The number of aromatic amines is 1. The molecule has 0 atom stereocenters. The van der Waals surface area contributed by atoms with Crippen molar-refractivity contribution in [3.05, 3.63) is 18.0 Å². The van der Waals surface area contributed by atoms with E-state index in [1.807, 2.05) is 0 Å². The second-order valence-corrected chi connectivity index (χ2v) is 6.70. The maximum Gasteiger partial charge on any atom is 0.244 e. The van der Waals surface area contributed by atoms with Gasteiger partial charge in [-0.25, -0.2) is 8.42 Å². The summed E-state index contributed by atoms with van der Waals surface area (Å²) in [4.78, 5) is 5.28. The SMILES string of the molecule is CCCN1CCN(S(=O)(=O)c2c[nH]c(CO)c2)CC1. The fraction of sp³-hybridized carbons (Fsp3) is 0.667. The van der Waals surface area contributed by atoms with E-state index in [4.69, 9.17) is 5.11 Å². The van der Waals surface area contributed by atoms with Crippen molar-refractivity contribution in [2.24, 2.45) is 0 Å². The van der Waals surface area contributed by atoms with Crippen LogP contribution in [0.25, 0.3) is 0 Å². The summed E-state index contributed by atoms with van der Waals surface area (Å²) in [5.74, 6) is 0. The van der Waals surface area contributed by atoms with Gasteiger partial charge in [0.15, 0.2) is 0 Å². The number of aromatic nitrogens is 1. The Bertz CT molecular complexity index is 504. The molecule has 0 spiro atoms. The quantitative estimate of drug-likeness (QED) is 0.812. The molecule has 0 amide bonds. The Morgan fingerprint density at radius 3 is 2.53 bits per heavy atom. The molecule has 1 aromatic heterocycles. The van der Waals surface area contributed by atoms with Gasteiger partial charge < -0.3 is 15.0 Å². The average molecular weight is 287 g/mol. The van der Waals surface area contributed by atoms with Crippen LogP contribution in [0.5, 0.6) is 0 Å². The Kier molecular flexibility index (Phi) is 4.62. The molecular weight excluding hydrogens is 266 g/mol. The topological polar surface area (TPSA) is 76.6 Å². The number of hydrogen-bond acceptors (Lipinski definition) is 4. The molecule has 1 aliphatic heterocycles. The third-order valence-electron chi connectivity index (χ3n) is 3.40. The van der Waals surface area contributed by atoms with Crippen LogP contribution in [0.2, 0.25) is 0 Å². The van der Waals surface area contributed by atoms with Gasteiger partial charge in [-0.3, -0.25) is 0 Å². The molecule has 1 fully saturated rings. The molecule has 1 aromatic rings. The lowest BCUT2D eigenvalue weighted by Gasteiger charge is -2.33. The molecule has 1 aliphatic rings. The molecule has 108 valence electrons. The van der Waals surface area contributed by atoms with Crippen molar-refractivity contribution in [2.45, 2.75) is 24.8 Å². The number of aliphatic hydroxyl groups excluding tert-OH is 1. The van der Waals surface area contributed by atoms with E-state index in [9.17, 15) is 8.42 Å². The van der Waals surface area contributed by atoms with Gasteiger partial charge in [-0.1, -0.05) is 6.92 Å². The number of piperazine rings is 1. The van der Waals surface area contributed by atoms with Crippen LogP contribution in [-0.2, 0) is 16.6 Å². The van der Waals surface area contributed by atoms with Crippen molar-refractivity contribution in [2.75, 3.05) is 32.7 Å². The van der Waals surface area contributed by atoms with E-state index < -0.39 is 10.0 Å². The van der Waals surface area contributed by atoms with E-state index in [0.717, 1.165) is 26.1 Å². The fourth-order valence-electron chi connectivity index (χ4n) is 2.32. The molecule has 0 saturated carbocycles. The third kappa shape index (κ3) is 3.17. The van der Waals surface area contributed by atoms with Crippen LogP contribution in [0.4, 0.5) is 0 Å². The minimum absolute atomic E-state index is 0.181. The lowest BCUT2D eigenvalue weighted by atomic mass is 10.3. The normalized spacial score (nSPS) is 18.8. The summed E-state index contributed by atoms with van der Waals surface area (Å²) >= 11 is 0. The standard InChI is InChI=1S/C12H21N3O3S/c1-2-3-14-4-6-15(7-5-14)19(17,18)12-8-11(10-16)13-9-12/h8-9,13,16H,2-7,10H2,1H3. The van der Waals surface area contributed by atoms with Crippen molar-refractivity contribution in [3.8, 4) is 0 Å². The first-order chi connectivity index (χ1) is 9.07. The van der Waals surface area contributed by atoms with Gasteiger partial charge in [0, 0.05) is 38.1 Å². The fourth-order valence-corrected chi connectivity index (χ4v) is 3.76. The summed E-state index contributed by atoms with van der Waals surface area (Å²) in [6, 6.07) is 1.49. The second-order valence-electron chi connectivity index (χ2n) is 4.76. The van der Waals surface area contributed by atoms with Gasteiger partial charge in [-0.2, -0.15) is 4.31 Å². The Balaban J connectivity index is 2.05. The molecule has 0 aliphatic carbocycles. The lowest BCUT2D eigenvalue weighted by molar-refractivity contribution is 0.188. The van der Waals surface area contributed by atoms with Crippen molar-refractivity contribution in [3.63, 3.8) is 0 Å². The minimum atomic E-state index is -3.43. The smallest absolute Gasteiger partial charge is 0.244 e. The summed E-state index contributed by atoms with van der Waals surface area (Å²) in [5, 5.41) is 8.97. The highest BCUT2D eigenvalue weighted by Gasteiger charge is 2.28. The predicted octanol–water partition coefficient (Wildman–Crippen LogP) is 0.223. The molecule has 2 N–H and O–H groups in total. The van der Waals surface area contributed by atoms with Crippen LogP contribution in [0.3, 0.4) is 0 Å². The van der Waals surface area contributed by atoms with Gasteiger partial charge in [-0.05, 0) is 19.0 Å². The zero-order chi connectivity index (χ0) is 13.9. The Morgan fingerprint density at radius 2 is 2.00 bits per heavy atom. The van der Waals surface area contributed by atoms with Gasteiger partial charge in [0.2, 0.25) is 10.0 Å². The van der Waals surface area contributed by atoms with Crippen molar-refractivity contribution in [1.82, 2.24) is 14.2 Å². The van der Waals surface area contributed by atoms with Crippen LogP contribution < -0.4 is 0 Å². The summed E-state index contributed by atoms with van der Waals surface area (Å²) < 4.78 is 26.3. The van der Waals surface area contributed by atoms with Gasteiger partial charge in [0.05, 0.1) is 11.5 Å². The van der Waals surface area contributed by atoms with Crippen molar-refractivity contribution >= 4 is 10.0 Å². The summed E-state index contributed by atoms with van der Waals surface area (Å²) in [6.07, 6.45) is 2.53. The maximum absolute atomic E-state index is 12.4. The number of H-pyrrole nitrogens is 1. The zero-order valence-electron chi connectivity index (χ0n) is 11.2. The highest BCUT2D eigenvalue weighted by Crippen LogP contribution is 2.18. The number of aliphatic hydroxyl groups is 1.